The highest BCUT2D eigenvalue weighted by atomic mass is 16.5. The van der Waals surface area contributed by atoms with Crippen LogP contribution in [0.25, 0.3) is 0 Å². The summed E-state index contributed by atoms with van der Waals surface area (Å²) in [5, 5.41) is 4.00. The molecule has 2 aromatic heterocycles. The van der Waals surface area contributed by atoms with Crippen LogP contribution in [-0.2, 0) is 6.54 Å². The monoisotopic (exact) mass is 317 g/mol. The molecular formula is C17H23N3O3. The number of hydrogen-bond donors (Lipinski definition) is 0. The van der Waals surface area contributed by atoms with Gasteiger partial charge in [0.25, 0.3) is 5.91 Å². The van der Waals surface area contributed by atoms with E-state index in [0.717, 1.165) is 55.5 Å². The molecule has 0 aliphatic carbocycles. The van der Waals surface area contributed by atoms with E-state index < -0.39 is 0 Å². The lowest BCUT2D eigenvalue weighted by molar-refractivity contribution is 0.0626. The van der Waals surface area contributed by atoms with E-state index in [2.05, 4.69) is 10.1 Å². The molecule has 0 bridgehead atoms. The third-order valence-electron chi connectivity index (χ3n) is 4.49. The second kappa shape index (κ2) is 6.20. The van der Waals surface area contributed by atoms with Gasteiger partial charge in [0.05, 0.1) is 11.3 Å². The topological polar surface area (TPSA) is 62.7 Å². The Balaban J connectivity index is 1.60. The molecule has 0 aromatic carbocycles. The average Bonchev–Trinajstić information content (AvgIpc) is 3.03. The summed E-state index contributed by atoms with van der Waals surface area (Å²) >= 11 is 0. The molecule has 0 radical (unpaired) electrons. The predicted octanol–water partition coefficient (Wildman–Crippen LogP) is 2.46. The summed E-state index contributed by atoms with van der Waals surface area (Å²) < 4.78 is 10.7. The lowest BCUT2D eigenvalue weighted by Crippen LogP contribution is -2.48. The first-order chi connectivity index (χ1) is 11.0. The fraction of sp³-hybridized carbons (Fsp3) is 0.529. The number of aromatic nitrogens is 1. The Hall–Kier alpha value is -2.08. The second-order valence-electron chi connectivity index (χ2n) is 6.20. The van der Waals surface area contributed by atoms with Gasteiger partial charge >= 0.3 is 0 Å². The van der Waals surface area contributed by atoms with E-state index >= 15 is 0 Å². The third kappa shape index (κ3) is 3.17. The van der Waals surface area contributed by atoms with Crippen molar-refractivity contribution in [2.45, 2.75) is 34.2 Å². The van der Waals surface area contributed by atoms with Crippen molar-refractivity contribution in [2.75, 3.05) is 26.2 Å². The minimum Gasteiger partial charge on any atom is -0.466 e. The van der Waals surface area contributed by atoms with E-state index in [0.29, 0.717) is 11.3 Å². The number of rotatable bonds is 3. The predicted molar refractivity (Wildman–Crippen MR) is 85.3 cm³/mol. The molecule has 1 aliphatic rings. The van der Waals surface area contributed by atoms with Crippen LogP contribution < -0.4 is 0 Å². The van der Waals surface area contributed by atoms with Gasteiger partial charge in [-0.25, -0.2) is 0 Å². The van der Waals surface area contributed by atoms with Crippen LogP contribution in [0.15, 0.2) is 15.0 Å². The number of nitrogens with zero attached hydrogens (tertiary/aromatic N) is 3. The Kier molecular flexibility index (Phi) is 4.26. The Bertz CT molecular complexity index is 689. The minimum atomic E-state index is 0.0661. The van der Waals surface area contributed by atoms with Crippen LogP contribution in [0.1, 0.15) is 38.9 Å². The summed E-state index contributed by atoms with van der Waals surface area (Å²) in [6, 6.07) is 1.83. The molecule has 0 N–H and O–H groups in total. The van der Waals surface area contributed by atoms with Crippen molar-refractivity contribution in [1.29, 1.82) is 0 Å². The molecule has 2 aromatic rings. The van der Waals surface area contributed by atoms with Crippen molar-refractivity contribution < 1.29 is 13.7 Å². The number of furan rings is 1. The SMILES string of the molecule is Cc1cc(C(=O)N2CCN(Cc3c(C)noc3C)CC2)c(C)o1. The number of amides is 1. The summed E-state index contributed by atoms with van der Waals surface area (Å²) in [4.78, 5) is 16.8. The largest absolute Gasteiger partial charge is 0.466 e. The zero-order chi connectivity index (χ0) is 16.6. The van der Waals surface area contributed by atoms with Gasteiger partial charge < -0.3 is 13.8 Å². The van der Waals surface area contributed by atoms with E-state index in [1.165, 1.54) is 0 Å². The van der Waals surface area contributed by atoms with Gasteiger partial charge in [-0.1, -0.05) is 5.16 Å². The third-order valence-corrected chi connectivity index (χ3v) is 4.49. The maximum absolute atomic E-state index is 12.6. The number of carbonyl (C=O) groups excluding carboxylic acids is 1. The number of piperazine rings is 1. The van der Waals surface area contributed by atoms with Crippen LogP contribution in [0.3, 0.4) is 0 Å². The quantitative estimate of drug-likeness (QED) is 0.870. The molecule has 3 rings (SSSR count). The molecule has 23 heavy (non-hydrogen) atoms. The van der Waals surface area contributed by atoms with Crippen molar-refractivity contribution in [3.63, 3.8) is 0 Å². The highest BCUT2D eigenvalue weighted by molar-refractivity contribution is 5.95. The fourth-order valence-corrected chi connectivity index (χ4v) is 3.07. The molecule has 1 aliphatic heterocycles. The zero-order valence-electron chi connectivity index (χ0n) is 14.2. The molecule has 1 amide bonds. The molecule has 0 spiro atoms. The highest BCUT2D eigenvalue weighted by Gasteiger charge is 2.25. The highest BCUT2D eigenvalue weighted by Crippen LogP contribution is 2.19. The molecular weight excluding hydrogens is 294 g/mol. The van der Waals surface area contributed by atoms with Gasteiger partial charge in [0.2, 0.25) is 0 Å². The molecule has 124 valence electrons. The Labute approximate surface area is 136 Å². The van der Waals surface area contributed by atoms with Crippen molar-refractivity contribution >= 4 is 5.91 Å². The lowest BCUT2D eigenvalue weighted by atomic mass is 10.1. The molecule has 1 saturated heterocycles. The van der Waals surface area contributed by atoms with Crippen molar-refractivity contribution in [3.05, 3.63) is 40.2 Å². The summed E-state index contributed by atoms with van der Waals surface area (Å²) in [5.41, 5.74) is 2.79. The first kappa shape index (κ1) is 15.8. The van der Waals surface area contributed by atoms with Gasteiger partial charge in [-0.3, -0.25) is 9.69 Å². The lowest BCUT2D eigenvalue weighted by Gasteiger charge is -2.34. The smallest absolute Gasteiger partial charge is 0.257 e. The van der Waals surface area contributed by atoms with E-state index in [1.54, 1.807) is 0 Å². The maximum Gasteiger partial charge on any atom is 0.257 e. The number of hydrogen-bond acceptors (Lipinski definition) is 5. The zero-order valence-corrected chi connectivity index (χ0v) is 14.2. The van der Waals surface area contributed by atoms with E-state index in [9.17, 15) is 4.79 Å². The first-order valence-corrected chi connectivity index (χ1v) is 7.96. The van der Waals surface area contributed by atoms with Gasteiger partial charge in [0.1, 0.15) is 17.3 Å². The molecule has 0 atom stereocenters. The molecule has 1 fully saturated rings. The van der Waals surface area contributed by atoms with Crippen LogP contribution >= 0.6 is 0 Å². The van der Waals surface area contributed by atoms with Crippen molar-refractivity contribution in [2.24, 2.45) is 0 Å². The number of carbonyl (C=O) groups is 1. The standard InChI is InChI=1S/C17H23N3O3/c1-11-9-15(13(3)22-11)17(21)20-7-5-19(6-8-20)10-16-12(2)18-23-14(16)4/h9H,5-8,10H2,1-4H3. The Morgan fingerprint density at radius 2 is 1.83 bits per heavy atom. The molecule has 6 nitrogen and oxygen atoms in total. The Morgan fingerprint density at radius 1 is 1.13 bits per heavy atom. The van der Waals surface area contributed by atoms with Crippen molar-refractivity contribution in [3.8, 4) is 0 Å². The van der Waals surface area contributed by atoms with Gasteiger partial charge in [-0.15, -0.1) is 0 Å². The molecule has 0 saturated carbocycles. The van der Waals surface area contributed by atoms with Crippen molar-refractivity contribution in [1.82, 2.24) is 15.0 Å². The summed E-state index contributed by atoms with van der Waals surface area (Å²) in [6.45, 7) is 11.6. The minimum absolute atomic E-state index is 0.0661. The van der Waals surface area contributed by atoms with Crippen LogP contribution in [0.4, 0.5) is 0 Å². The average molecular weight is 317 g/mol. The van der Waals surface area contributed by atoms with Gasteiger partial charge in [0.15, 0.2) is 0 Å². The van der Waals surface area contributed by atoms with Crippen LogP contribution in [0.2, 0.25) is 0 Å². The second-order valence-corrected chi connectivity index (χ2v) is 6.20. The molecule has 6 heteroatoms. The summed E-state index contributed by atoms with van der Waals surface area (Å²) in [5.74, 6) is 2.43. The van der Waals surface area contributed by atoms with E-state index in [1.807, 2.05) is 38.7 Å². The first-order valence-electron chi connectivity index (χ1n) is 7.96. The van der Waals surface area contributed by atoms with Crippen LogP contribution in [0, 0.1) is 27.7 Å². The molecule has 0 unspecified atom stereocenters. The summed E-state index contributed by atoms with van der Waals surface area (Å²) in [7, 11) is 0. The van der Waals surface area contributed by atoms with E-state index in [-0.39, 0.29) is 5.91 Å². The van der Waals surface area contributed by atoms with Crippen LogP contribution in [-0.4, -0.2) is 47.0 Å². The molecule has 3 heterocycles. The fourth-order valence-electron chi connectivity index (χ4n) is 3.07. The van der Waals surface area contributed by atoms with Gasteiger partial charge in [-0.2, -0.15) is 0 Å². The van der Waals surface area contributed by atoms with E-state index in [4.69, 9.17) is 8.94 Å². The maximum atomic E-state index is 12.6. The summed E-state index contributed by atoms with van der Waals surface area (Å²) in [6.07, 6.45) is 0. The van der Waals surface area contributed by atoms with Gasteiger partial charge in [-0.05, 0) is 33.8 Å². The number of aryl methyl sites for hydroxylation is 4. The van der Waals surface area contributed by atoms with Crippen LogP contribution in [0.5, 0.6) is 0 Å². The van der Waals surface area contributed by atoms with Gasteiger partial charge in [0, 0.05) is 38.3 Å². The Morgan fingerprint density at radius 3 is 2.35 bits per heavy atom. The normalized spacial score (nSPS) is 16.1.